The van der Waals surface area contributed by atoms with Gasteiger partial charge in [-0.3, -0.25) is 0 Å². The topological polar surface area (TPSA) is 9.23 Å². The molecule has 0 radical (unpaired) electrons. The Labute approximate surface area is 92.9 Å². The van der Waals surface area contributed by atoms with E-state index in [1.165, 1.54) is 0 Å². The van der Waals surface area contributed by atoms with E-state index in [0.29, 0.717) is 3.42 Å². The Kier molecular flexibility index (Phi) is 5.67. The second-order valence-corrected chi connectivity index (χ2v) is 7.61. The van der Waals surface area contributed by atoms with Gasteiger partial charge in [-0.1, -0.05) is 36.4 Å². The summed E-state index contributed by atoms with van der Waals surface area (Å²) in [6.45, 7) is 10.6. The molecule has 1 unspecified atom stereocenters. The van der Waals surface area contributed by atoms with Crippen molar-refractivity contribution in [1.82, 2.24) is 0 Å². The Hall–Kier alpha value is 1.18. The molecule has 0 aliphatic carbocycles. The zero-order chi connectivity index (χ0) is 9.83. The van der Waals surface area contributed by atoms with Crippen molar-refractivity contribution in [1.29, 1.82) is 0 Å². The average molecular weight is 300 g/mol. The van der Waals surface area contributed by atoms with Crippen molar-refractivity contribution < 1.29 is 4.74 Å². The van der Waals surface area contributed by atoms with Crippen LogP contribution in [0.2, 0.25) is 0 Å². The van der Waals surface area contributed by atoms with Gasteiger partial charge in [0.2, 0.25) is 0 Å². The minimum atomic E-state index is 0.0204. The van der Waals surface area contributed by atoms with E-state index in [2.05, 4.69) is 59.4 Å². The van der Waals surface area contributed by atoms with E-state index >= 15 is 0 Å². The first kappa shape index (κ1) is 13.2. The van der Waals surface area contributed by atoms with Gasteiger partial charge in [-0.05, 0) is 20.3 Å². The number of hydrogen-bond acceptors (Lipinski definition) is 1. The lowest BCUT2D eigenvalue weighted by molar-refractivity contribution is 0.0410. The second kappa shape index (κ2) is 5.16. The molecule has 0 heterocycles. The highest BCUT2D eigenvalue weighted by Crippen LogP contribution is 2.22. The van der Waals surface area contributed by atoms with Crippen molar-refractivity contribution in [3.05, 3.63) is 0 Å². The molecule has 12 heavy (non-hydrogen) atoms. The summed E-state index contributed by atoms with van der Waals surface area (Å²) in [6, 6.07) is 0. The third-order valence-corrected chi connectivity index (χ3v) is 3.20. The summed E-state index contributed by atoms with van der Waals surface area (Å²) in [7, 11) is 2.72. The Bertz CT molecular complexity index is 134. The molecule has 0 aromatic heterocycles. The lowest BCUT2D eigenvalue weighted by Crippen LogP contribution is -2.30. The summed E-state index contributed by atoms with van der Waals surface area (Å²) in [6.07, 6.45) is 1.11. The van der Waals surface area contributed by atoms with Crippen molar-refractivity contribution in [2.24, 2.45) is 0 Å². The fourth-order valence-corrected chi connectivity index (χ4v) is 0.967. The highest BCUT2D eigenvalue weighted by molar-refractivity contribution is 14.1. The van der Waals surface area contributed by atoms with E-state index in [0.717, 1.165) is 20.0 Å². The summed E-state index contributed by atoms with van der Waals surface area (Å²) >= 11 is 2.45. The SMILES string of the molecule is CC(C)(I)CCOC(C)(C)BP. The van der Waals surface area contributed by atoms with Crippen LogP contribution in [0.4, 0.5) is 0 Å². The van der Waals surface area contributed by atoms with Gasteiger partial charge < -0.3 is 4.74 Å². The maximum atomic E-state index is 5.73. The first-order chi connectivity index (χ1) is 5.27. The molecule has 0 amide bonds. The smallest absolute Gasteiger partial charge is 0.183 e. The van der Waals surface area contributed by atoms with E-state index in [1.807, 2.05) is 0 Å². The molecule has 0 saturated carbocycles. The molecule has 0 spiro atoms. The van der Waals surface area contributed by atoms with E-state index in [4.69, 9.17) is 4.74 Å². The van der Waals surface area contributed by atoms with Crippen molar-refractivity contribution >= 4 is 38.7 Å². The van der Waals surface area contributed by atoms with Gasteiger partial charge in [-0.2, -0.15) is 9.12 Å². The predicted molar refractivity (Wildman–Crippen MR) is 69.6 cm³/mol. The van der Waals surface area contributed by atoms with E-state index < -0.39 is 0 Å². The Morgan fingerprint density at radius 3 is 2.17 bits per heavy atom. The van der Waals surface area contributed by atoms with Crippen LogP contribution in [0.3, 0.4) is 0 Å². The quantitative estimate of drug-likeness (QED) is 0.328. The molecule has 0 aliphatic heterocycles. The summed E-state index contributed by atoms with van der Waals surface area (Å²) < 4.78 is 6.08. The minimum absolute atomic E-state index is 0.0204. The van der Waals surface area contributed by atoms with Gasteiger partial charge in [-0.25, -0.2) is 0 Å². The first-order valence-electron chi connectivity index (χ1n) is 4.30. The number of hydrogen-bond donors (Lipinski definition) is 0. The fraction of sp³-hybridized carbons (Fsp3) is 1.00. The first-order valence-corrected chi connectivity index (χ1v) is 6.19. The highest BCUT2D eigenvalue weighted by atomic mass is 127. The third-order valence-electron chi connectivity index (χ3n) is 1.68. The number of halogens is 1. The predicted octanol–water partition coefficient (Wildman–Crippen LogP) is 2.57. The van der Waals surface area contributed by atoms with Crippen molar-refractivity contribution in [2.45, 2.75) is 43.0 Å². The van der Waals surface area contributed by atoms with Crippen LogP contribution in [0.1, 0.15) is 34.1 Å². The van der Waals surface area contributed by atoms with Crippen molar-refractivity contribution in [3.8, 4) is 0 Å². The van der Waals surface area contributed by atoms with Gasteiger partial charge >= 0.3 is 0 Å². The van der Waals surface area contributed by atoms with Gasteiger partial charge in [0.25, 0.3) is 0 Å². The van der Waals surface area contributed by atoms with Crippen molar-refractivity contribution in [2.75, 3.05) is 6.61 Å². The molecule has 0 aromatic carbocycles. The minimum Gasteiger partial charge on any atom is -0.384 e. The lowest BCUT2D eigenvalue weighted by Gasteiger charge is -2.25. The van der Waals surface area contributed by atoms with Crippen LogP contribution in [0.5, 0.6) is 0 Å². The summed E-state index contributed by atoms with van der Waals surface area (Å²) in [5.74, 6) is 0. The molecule has 0 saturated heterocycles. The van der Waals surface area contributed by atoms with Gasteiger partial charge in [0.05, 0.1) is 0 Å². The van der Waals surface area contributed by atoms with Crippen LogP contribution in [-0.4, -0.2) is 22.5 Å². The molecule has 0 fully saturated rings. The summed E-state index contributed by atoms with van der Waals surface area (Å²) in [5, 5.41) is 0. The van der Waals surface area contributed by atoms with Gasteiger partial charge in [-0.15, -0.1) is 0 Å². The molecular formula is C8H19BIOP. The van der Waals surface area contributed by atoms with Gasteiger partial charge in [0.1, 0.15) is 0 Å². The largest absolute Gasteiger partial charge is 0.384 e. The number of rotatable bonds is 5. The lowest BCUT2D eigenvalue weighted by atomic mass is 9.84. The van der Waals surface area contributed by atoms with Crippen LogP contribution in [-0.2, 0) is 4.74 Å². The number of alkyl halides is 1. The molecule has 0 aromatic rings. The van der Waals surface area contributed by atoms with Crippen LogP contribution in [0, 0.1) is 0 Å². The Morgan fingerprint density at radius 2 is 1.83 bits per heavy atom. The Morgan fingerprint density at radius 1 is 1.33 bits per heavy atom. The third kappa shape index (κ3) is 7.81. The molecule has 4 heteroatoms. The van der Waals surface area contributed by atoms with E-state index in [1.54, 1.807) is 0 Å². The molecule has 0 aliphatic rings. The number of ether oxygens (including phenoxy) is 1. The average Bonchev–Trinajstić information content (AvgIpc) is 1.84. The molecule has 0 bridgehead atoms. The van der Waals surface area contributed by atoms with Crippen LogP contribution < -0.4 is 0 Å². The fourth-order valence-electron chi connectivity index (χ4n) is 0.629. The standard InChI is InChI=1S/C8H19BIOP/c1-7(2,10)5-6-11-8(3,4)9-12/h9H,5-6,12H2,1-4H3. The molecule has 1 atom stereocenters. The van der Waals surface area contributed by atoms with Crippen LogP contribution in [0.25, 0.3) is 0 Å². The van der Waals surface area contributed by atoms with E-state index in [-0.39, 0.29) is 5.50 Å². The maximum Gasteiger partial charge on any atom is 0.183 e. The Balaban J connectivity index is 3.57. The van der Waals surface area contributed by atoms with Gasteiger partial charge in [0.15, 0.2) is 7.00 Å². The summed E-state index contributed by atoms with van der Waals surface area (Å²) in [5.41, 5.74) is 0.0204. The van der Waals surface area contributed by atoms with Crippen LogP contribution in [0.15, 0.2) is 0 Å². The molecular weight excluding hydrogens is 281 g/mol. The maximum absolute atomic E-state index is 5.73. The zero-order valence-electron chi connectivity index (χ0n) is 8.48. The van der Waals surface area contributed by atoms with Crippen LogP contribution >= 0.6 is 31.7 Å². The monoisotopic (exact) mass is 300 g/mol. The molecule has 0 N–H and O–H groups in total. The highest BCUT2D eigenvalue weighted by Gasteiger charge is 2.19. The molecule has 72 valence electrons. The van der Waals surface area contributed by atoms with E-state index in [9.17, 15) is 0 Å². The van der Waals surface area contributed by atoms with Crippen molar-refractivity contribution in [3.63, 3.8) is 0 Å². The zero-order valence-corrected chi connectivity index (χ0v) is 11.8. The molecule has 0 rings (SSSR count). The molecule has 1 nitrogen and oxygen atoms in total. The van der Waals surface area contributed by atoms with Gasteiger partial charge in [0, 0.05) is 15.5 Å². The normalized spacial score (nSPS) is 13.2. The summed E-state index contributed by atoms with van der Waals surface area (Å²) in [4.78, 5) is 0. The second-order valence-electron chi connectivity index (χ2n) is 4.28.